The standard InChI is InChI=1S/C69H59BrFN3O28/c1-4-28-22-34(25-37-46(28)93-58(72-37)31-16-10-7-11-17-31)66(52(81)43(78)40(75)49(96-66)61(84)85)99-55-56(100-67(53(82)44(79)41(76)50(97-67)62(86)87)35-23-29(5-2)47-38(26-35)73-59(94-47)32-18-12-8-13-19-32)69(71,92)101-57(64(90)91)65(55,70)102-68(54(83)45(80)42(77)51(98-68)63(88)89)36-24-30(6-3)48-39(27-36)74-60(95-48)33-20-14-9-15-21-33/h4-27,40-45,49-57,75-83,92H,1-3H2,(H,84,85)(H,86,87)(H,88,89)(H,90,91)/t40-,41-,42-,43-,44-,45-,49-,50-,51-,52+,53+,54+,55+,56+,57+,65-,66?,67?,68?,69?/m0/s1. The molecule has 0 amide bonds. The molecule has 0 saturated carbocycles. The molecule has 4 unspecified atom stereocenters. The van der Waals surface area contributed by atoms with Gasteiger partial charge < -0.3 is 118 Å². The summed E-state index contributed by atoms with van der Waals surface area (Å²) in [5.74, 6) is -20.7. The lowest BCUT2D eigenvalue weighted by atomic mass is 9.84. The van der Waals surface area contributed by atoms with E-state index in [1.165, 1.54) is 0 Å². The van der Waals surface area contributed by atoms with Gasteiger partial charge in [0.15, 0.2) is 45.7 Å². The molecule has 20 atom stereocenters. The molecule has 13 rings (SSSR count). The fourth-order valence-corrected chi connectivity index (χ4v) is 13.8. The smallest absolute Gasteiger partial charge is 0.348 e. The quantitative estimate of drug-likeness (QED) is 0.0514. The Balaban J connectivity index is 1.13. The summed E-state index contributed by atoms with van der Waals surface area (Å²) in [6.07, 6.45) is -41.7. The van der Waals surface area contributed by atoms with Crippen molar-refractivity contribution in [3.63, 3.8) is 0 Å². The summed E-state index contributed by atoms with van der Waals surface area (Å²) in [7, 11) is 0. The van der Waals surface area contributed by atoms with Gasteiger partial charge in [-0.2, -0.15) is 4.39 Å². The lowest BCUT2D eigenvalue weighted by Gasteiger charge is -2.59. The van der Waals surface area contributed by atoms with Crippen molar-refractivity contribution in [1.82, 2.24) is 15.0 Å². The molecule has 4 aliphatic rings. The van der Waals surface area contributed by atoms with Crippen molar-refractivity contribution in [2.24, 2.45) is 0 Å². The van der Waals surface area contributed by atoms with E-state index in [0.717, 1.165) is 54.6 Å². The number of aliphatic hydroxyl groups is 10. The van der Waals surface area contributed by atoms with Gasteiger partial charge in [-0.05, 0) is 88.7 Å². The molecule has 532 valence electrons. The fourth-order valence-electron chi connectivity index (χ4n) is 13.0. The topological polar surface area (TPSA) is 494 Å². The van der Waals surface area contributed by atoms with Crippen LogP contribution in [0.4, 0.5) is 4.39 Å². The monoisotopic (exact) mass is 1480 g/mol. The number of benzene rings is 6. The van der Waals surface area contributed by atoms with Gasteiger partial charge >= 0.3 is 29.9 Å². The molecule has 4 aliphatic heterocycles. The molecule has 6 aromatic carbocycles. The van der Waals surface area contributed by atoms with Crippen LogP contribution in [0.15, 0.2) is 160 Å². The zero-order valence-electron chi connectivity index (χ0n) is 52.2. The molecule has 9 aromatic rings. The minimum absolute atomic E-state index is 0.101. The Morgan fingerprint density at radius 2 is 0.745 bits per heavy atom. The van der Waals surface area contributed by atoms with Crippen molar-refractivity contribution in [3.8, 4) is 34.4 Å². The maximum absolute atomic E-state index is 19.1. The number of ether oxygens (including phenoxy) is 7. The molecule has 0 radical (unpaired) electrons. The summed E-state index contributed by atoms with van der Waals surface area (Å²) in [4.78, 5) is 68.6. The van der Waals surface area contributed by atoms with Crippen molar-refractivity contribution in [2.45, 2.75) is 119 Å². The predicted octanol–water partition coefficient (Wildman–Crippen LogP) is 3.57. The van der Waals surface area contributed by atoms with E-state index in [1.54, 1.807) is 91.0 Å². The number of halogens is 2. The third kappa shape index (κ3) is 11.6. The number of carboxylic acids is 4. The van der Waals surface area contributed by atoms with Crippen molar-refractivity contribution in [1.29, 1.82) is 0 Å². The summed E-state index contributed by atoms with van der Waals surface area (Å²) in [5.41, 5.74) is -2.96. The molecule has 4 saturated heterocycles. The number of rotatable bonds is 19. The number of aliphatic hydroxyl groups excluding tert-OH is 9. The van der Waals surface area contributed by atoms with E-state index in [-0.39, 0.29) is 67.7 Å². The molecule has 102 heavy (non-hydrogen) atoms. The van der Waals surface area contributed by atoms with E-state index < -0.39 is 160 Å². The van der Waals surface area contributed by atoms with E-state index in [9.17, 15) is 90.7 Å². The number of oxazole rings is 3. The van der Waals surface area contributed by atoms with Crippen LogP contribution in [0.1, 0.15) is 33.4 Å². The van der Waals surface area contributed by atoms with E-state index in [2.05, 4.69) is 50.6 Å². The largest absolute Gasteiger partial charge is 0.479 e. The summed E-state index contributed by atoms with van der Waals surface area (Å²) >= 11 is 3.15. The van der Waals surface area contributed by atoms with Crippen LogP contribution in [0.2, 0.25) is 0 Å². The average molecular weight is 1480 g/mol. The fraction of sp³-hybridized carbons (Fsp3) is 0.290. The van der Waals surface area contributed by atoms with Gasteiger partial charge in [0.25, 0.3) is 0 Å². The highest BCUT2D eigenvalue weighted by Gasteiger charge is 2.75. The molecule has 7 heterocycles. The Morgan fingerprint density at radius 1 is 0.441 bits per heavy atom. The highest BCUT2D eigenvalue weighted by molar-refractivity contribution is 9.10. The first-order valence-electron chi connectivity index (χ1n) is 30.8. The molecular weight excluding hydrogens is 1420 g/mol. The van der Waals surface area contributed by atoms with E-state index >= 15 is 4.39 Å². The second kappa shape index (κ2) is 26.4. The normalized spacial score (nSPS) is 33.4. The number of fused-ring (bicyclic) bond motifs is 3. The molecule has 0 aliphatic carbocycles. The molecule has 33 heteroatoms. The number of hydrogen-bond acceptors (Lipinski definition) is 27. The predicted molar refractivity (Wildman–Crippen MR) is 346 cm³/mol. The van der Waals surface area contributed by atoms with Gasteiger partial charge in [-0.3, -0.25) is 0 Å². The minimum Gasteiger partial charge on any atom is -0.479 e. The highest BCUT2D eigenvalue weighted by atomic mass is 79.9. The zero-order chi connectivity index (χ0) is 73.0. The molecule has 14 N–H and O–H groups in total. The lowest BCUT2D eigenvalue weighted by Crippen LogP contribution is -2.78. The number of carbonyl (C=O) groups is 4. The Labute approximate surface area is 579 Å². The number of aliphatic carboxylic acids is 4. The van der Waals surface area contributed by atoms with Gasteiger partial charge in [0, 0.05) is 50.1 Å². The number of aromatic nitrogens is 3. The Bertz CT molecular complexity index is 4790. The number of hydrogen-bond donors (Lipinski definition) is 14. The number of nitrogens with zero attached hydrogens (tertiary/aromatic N) is 3. The van der Waals surface area contributed by atoms with Crippen LogP contribution < -0.4 is 0 Å². The first kappa shape index (κ1) is 71.0. The molecular formula is C69H59BrFN3O28. The lowest BCUT2D eigenvalue weighted by molar-refractivity contribution is -0.494. The van der Waals surface area contributed by atoms with Gasteiger partial charge in [0.2, 0.25) is 41.1 Å². The molecule has 3 aromatic heterocycles. The maximum Gasteiger partial charge on any atom is 0.348 e. The Kier molecular flexibility index (Phi) is 18.4. The van der Waals surface area contributed by atoms with Crippen LogP contribution >= 0.6 is 15.9 Å². The summed E-state index contributed by atoms with van der Waals surface area (Å²) < 4.78 is 77.6. The van der Waals surface area contributed by atoms with Crippen LogP contribution in [0.5, 0.6) is 0 Å². The van der Waals surface area contributed by atoms with Crippen molar-refractivity contribution in [2.75, 3.05) is 0 Å². The molecule has 4 fully saturated rings. The van der Waals surface area contributed by atoms with Crippen LogP contribution in [-0.2, 0) is 69.7 Å². The third-order valence-electron chi connectivity index (χ3n) is 18.0. The third-order valence-corrected chi connectivity index (χ3v) is 19.1. The zero-order valence-corrected chi connectivity index (χ0v) is 53.8. The van der Waals surface area contributed by atoms with Crippen LogP contribution in [0.3, 0.4) is 0 Å². The van der Waals surface area contributed by atoms with Crippen molar-refractivity contribution in [3.05, 3.63) is 181 Å². The molecule has 0 spiro atoms. The molecule has 0 bridgehead atoms. The van der Waals surface area contributed by atoms with Gasteiger partial charge in [-0.15, -0.1) is 0 Å². The average Bonchev–Trinajstić information content (AvgIpc) is 0.727. The van der Waals surface area contributed by atoms with Gasteiger partial charge in [0.05, 0.1) is 0 Å². The first-order valence-corrected chi connectivity index (χ1v) is 31.5. The van der Waals surface area contributed by atoms with Gasteiger partial charge in [-0.1, -0.05) is 92.6 Å². The Morgan fingerprint density at radius 3 is 1.06 bits per heavy atom. The van der Waals surface area contributed by atoms with Gasteiger partial charge in [-0.25, -0.2) is 34.1 Å². The summed E-state index contributed by atoms with van der Waals surface area (Å²) in [5, 5.41) is 166. The van der Waals surface area contributed by atoms with E-state index in [0.29, 0.717) is 16.7 Å². The van der Waals surface area contributed by atoms with E-state index in [1.807, 2.05) is 0 Å². The van der Waals surface area contributed by atoms with Crippen molar-refractivity contribution >= 4 is 91.3 Å². The van der Waals surface area contributed by atoms with Crippen LogP contribution in [-0.4, -0.2) is 212 Å². The summed E-state index contributed by atoms with van der Waals surface area (Å²) in [6.45, 7) is 11.5. The minimum atomic E-state index is -5.07. The highest BCUT2D eigenvalue weighted by Crippen LogP contribution is 2.57. The van der Waals surface area contributed by atoms with Crippen LogP contribution in [0.25, 0.3) is 85.9 Å². The first-order chi connectivity index (χ1) is 48.5. The molecule has 31 nitrogen and oxygen atoms in total. The summed E-state index contributed by atoms with van der Waals surface area (Å²) in [6, 6.07) is 24.9. The maximum atomic E-state index is 19.1. The van der Waals surface area contributed by atoms with Crippen LogP contribution in [0, 0.1) is 0 Å². The SMILES string of the molecule is C=Cc1cc(C2(O[C@@H]3[C@@H](OC4(c5cc(C=C)c6oc(-c7ccccc7)nc6c5)O[C@H](C(=O)O)[C@@H](O)[C@H](O)[C@H]4O)[C@](Br)(OC4(c5cc(C=C)c6oc(-c7ccccc7)nc6c5)O[C@H](C(=O)O)[C@@H](O)[C@H](O)[C@H]4O)[C@@H](C(=O)O)OC3(O)F)O[C@H](C(=O)O)[C@@H](O)[C@H](O)[C@H]2O)cc2nc(-c3ccccc3)oc12. The number of alkyl halides is 2. The second-order valence-electron chi connectivity index (χ2n) is 24.2. The van der Waals surface area contributed by atoms with Gasteiger partial charge in [0.1, 0.15) is 77.6 Å². The number of carboxylic acid groups (broad SMARTS) is 4. The van der Waals surface area contributed by atoms with E-state index in [4.69, 9.17) is 46.4 Å². The van der Waals surface area contributed by atoms with Crippen molar-refractivity contribution < 1.29 is 141 Å². The Hall–Kier alpha value is -9.44. The second-order valence-corrected chi connectivity index (χ2v) is 25.5.